The van der Waals surface area contributed by atoms with Gasteiger partial charge in [-0.05, 0) is 71.5 Å². The molecule has 7 heteroatoms. The molecule has 1 aliphatic heterocycles. The van der Waals surface area contributed by atoms with Gasteiger partial charge in [0, 0.05) is 0 Å². The molecule has 4 amide bonds. The van der Waals surface area contributed by atoms with E-state index in [4.69, 9.17) is 4.74 Å². The highest BCUT2D eigenvalue weighted by atomic mass is 19.1. The molecule has 0 radical (unpaired) electrons. The maximum atomic E-state index is 13.1. The lowest BCUT2D eigenvalue weighted by molar-refractivity contribution is -0.122. The molecule has 0 spiro atoms. The number of hydrogen-bond donors (Lipinski definition) is 1. The number of carbonyl (C=O) groups excluding carboxylic acids is 3. The first kappa shape index (κ1) is 23.9. The number of amides is 4. The molecule has 1 N–H and O–H groups in total. The Morgan fingerprint density at radius 2 is 1.60 bits per heavy atom. The van der Waals surface area contributed by atoms with Gasteiger partial charge in [-0.2, -0.15) is 0 Å². The fraction of sp³-hybridized carbons (Fsp3) is 0.179. The molecular weight excluding hydrogens is 447 g/mol. The number of anilines is 1. The SMILES string of the molecule is CCC(C)c1ccc(N2C(=O)NC(=O)/C(=C/c3ccc(OCc4ccc(F)cc4)cc3)C2=O)cc1. The summed E-state index contributed by atoms with van der Waals surface area (Å²) in [5.74, 6) is -0.810. The molecule has 0 saturated carbocycles. The molecule has 1 fully saturated rings. The van der Waals surface area contributed by atoms with Crippen LogP contribution < -0.4 is 15.0 Å². The second kappa shape index (κ2) is 10.3. The van der Waals surface area contributed by atoms with E-state index < -0.39 is 17.8 Å². The Labute approximate surface area is 203 Å². The Morgan fingerprint density at radius 3 is 2.23 bits per heavy atom. The molecule has 1 heterocycles. The van der Waals surface area contributed by atoms with Crippen LogP contribution in [0.5, 0.6) is 5.75 Å². The highest BCUT2D eigenvalue weighted by molar-refractivity contribution is 6.39. The average Bonchev–Trinajstić information content (AvgIpc) is 2.87. The number of rotatable bonds is 7. The molecule has 4 rings (SSSR count). The van der Waals surface area contributed by atoms with Crippen molar-refractivity contribution in [1.82, 2.24) is 5.32 Å². The van der Waals surface area contributed by atoms with Gasteiger partial charge in [-0.3, -0.25) is 14.9 Å². The van der Waals surface area contributed by atoms with E-state index in [0.717, 1.165) is 22.4 Å². The number of urea groups is 1. The summed E-state index contributed by atoms with van der Waals surface area (Å²) in [6.07, 6.45) is 2.41. The van der Waals surface area contributed by atoms with Crippen LogP contribution in [-0.2, 0) is 16.2 Å². The van der Waals surface area contributed by atoms with E-state index in [2.05, 4.69) is 19.2 Å². The van der Waals surface area contributed by atoms with Gasteiger partial charge in [0.25, 0.3) is 11.8 Å². The lowest BCUT2D eigenvalue weighted by atomic mass is 9.98. The summed E-state index contributed by atoms with van der Waals surface area (Å²) in [6.45, 7) is 4.47. The number of ether oxygens (including phenoxy) is 1. The summed E-state index contributed by atoms with van der Waals surface area (Å²) < 4.78 is 18.7. The molecule has 0 aliphatic carbocycles. The molecule has 3 aromatic rings. The molecule has 178 valence electrons. The van der Waals surface area contributed by atoms with E-state index in [9.17, 15) is 18.8 Å². The van der Waals surface area contributed by atoms with Gasteiger partial charge in [0.05, 0.1) is 5.69 Å². The smallest absolute Gasteiger partial charge is 0.335 e. The monoisotopic (exact) mass is 472 g/mol. The van der Waals surface area contributed by atoms with E-state index in [0.29, 0.717) is 22.9 Å². The standard InChI is InChI=1S/C28H25FN2O4/c1-3-18(2)21-8-12-23(13-9-21)31-27(33)25(26(32)30-28(31)34)16-19-6-14-24(15-7-19)35-17-20-4-10-22(29)11-5-20/h4-16,18H,3,17H2,1-2H3,(H,30,32,34)/b25-16-. The van der Waals surface area contributed by atoms with Crippen molar-refractivity contribution in [2.24, 2.45) is 0 Å². The molecule has 1 aliphatic rings. The first-order valence-electron chi connectivity index (χ1n) is 11.3. The fourth-order valence-electron chi connectivity index (χ4n) is 3.65. The summed E-state index contributed by atoms with van der Waals surface area (Å²) in [4.78, 5) is 38.9. The zero-order chi connectivity index (χ0) is 24.9. The number of barbiturate groups is 1. The van der Waals surface area contributed by atoms with Crippen LogP contribution in [0.3, 0.4) is 0 Å². The van der Waals surface area contributed by atoms with Crippen LogP contribution in [0.2, 0.25) is 0 Å². The van der Waals surface area contributed by atoms with Gasteiger partial charge in [0.2, 0.25) is 0 Å². The Balaban J connectivity index is 1.50. The number of halogens is 1. The van der Waals surface area contributed by atoms with Gasteiger partial charge in [-0.15, -0.1) is 0 Å². The second-order valence-corrected chi connectivity index (χ2v) is 8.34. The number of hydrogen-bond acceptors (Lipinski definition) is 4. The van der Waals surface area contributed by atoms with Gasteiger partial charge in [0.15, 0.2) is 0 Å². The van der Waals surface area contributed by atoms with Crippen molar-refractivity contribution in [3.8, 4) is 5.75 Å². The van der Waals surface area contributed by atoms with Gasteiger partial charge in [0.1, 0.15) is 23.7 Å². The van der Waals surface area contributed by atoms with Crippen molar-refractivity contribution in [2.75, 3.05) is 4.90 Å². The number of benzene rings is 3. The third-order valence-corrected chi connectivity index (χ3v) is 5.94. The zero-order valence-corrected chi connectivity index (χ0v) is 19.5. The predicted molar refractivity (Wildman–Crippen MR) is 131 cm³/mol. The molecule has 0 aromatic heterocycles. The summed E-state index contributed by atoms with van der Waals surface area (Å²) >= 11 is 0. The quantitative estimate of drug-likeness (QED) is 0.360. The van der Waals surface area contributed by atoms with Gasteiger partial charge in [-0.25, -0.2) is 14.1 Å². The second-order valence-electron chi connectivity index (χ2n) is 8.34. The Kier molecular flexibility index (Phi) is 7.06. The van der Waals surface area contributed by atoms with Crippen LogP contribution in [0, 0.1) is 5.82 Å². The summed E-state index contributed by atoms with van der Waals surface area (Å²) in [7, 11) is 0. The lowest BCUT2D eigenvalue weighted by Gasteiger charge is -2.26. The molecule has 1 atom stereocenters. The largest absolute Gasteiger partial charge is 0.489 e. The summed E-state index contributed by atoms with van der Waals surface area (Å²) in [6, 6.07) is 19.3. The third-order valence-electron chi connectivity index (χ3n) is 5.94. The van der Waals surface area contributed by atoms with Crippen molar-refractivity contribution in [3.05, 3.63) is 101 Å². The van der Waals surface area contributed by atoms with Crippen LogP contribution >= 0.6 is 0 Å². The first-order chi connectivity index (χ1) is 16.9. The lowest BCUT2D eigenvalue weighted by Crippen LogP contribution is -2.54. The van der Waals surface area contributed by atoms with E-state index in [1.165, 1.54) is 18.2 Å². The van der Waals surface area contributed by atoms with Crippen LogP contribution in [0.25, 0.3) is 6.08 Å². The molecule has 6 nitrogen and oxygen atoms in total. The maximum absolute atomic E-state index is 13.1. The highest BCUT2D eigenvalue weighted by Gasteiger charge is 2.36. The fourth-order valence-corrected chi connectivity index (χ4v) is 3.65. The van der Waals surface area contributed by atoms with Crippen LogP contribution in [0.4, 0.5) is 14.9 Å². The molecule has 3 aromatic carbocycles. The van der Waals surface area contributed by atoms with Gasteiger partial charge < -0.3 is 4.74 Å². The zero-order valence-electron chi connectivity index (χ0n) is 19.5. The minimum absolute atomic E-state index is 0.143. The van der Waals surface area contributed by atoms with E-state index >= 15 is 0 Å². The third kappa shape index (κ3) is 5.46. The first-order valence-corrected chi connectivity index (χ1v) is 11.3. The van der Waals surface area contributed by atoms with Crippen LogP contribution in [0.1, 0.15) is 42.9 Å². The molecular formula is C28H25FN2O4. The van der Waals surface area contributed by atoms with E-state index in [1.807, 2.05) is 12.1 Å². The molecule has 35 heavy (non-hydrogen) atoms. The van der Waals surface area contributed by atoms with Crippen LogP contribution in [-0.4, -0.2) is 17.8 Å². The Bertz CT molecular complexity index is 1270. The number of nitrogens with one attached hydrogen (secondary N) is 1. The summed E-state index contributed by atoms with van der Waals surface area (Å²) in [5, 5.41) is 2.24. The van der Waals surface area contributed by atoms with Crippen molar-refractivity contribution in [3.63, 3.8) is 0 Å². The normalized spacial score (nSPS) is 15.8. The minimum Gasteiger partial charge on any atom is -0.489 e. The topological polar surface area (TPSA) is 75.7 Å². The molecule has 0 bridgehead atoms. The Morgan fingerprint density at radius 1 is 0.943 bits per heavy atom. The number of carbonyl (C=O) groups is 3. The number of imide groups is 2. The van der Waals surface area contributed by atoms with Crippen molar-refractivity contribution in [1.29, 1.82) is 0 Å². The maximum Gasteiger partial charge on any atom is 0.335 e. The molecule has 1 saturated heterocycles. The van der Waals surface area contributed by atoms with Gasteiger partial charge in [-0.1, -0.05) is 50.2 Å². The predicted octanol–water partition coefficient (Wildman–Crippen LogP) is 5.58. The van der Waals surface area contributed by atoms with E-state index in [-0.39, 0.29) is 18.0 Å². The minimum atomic E-state index is -0.780. The van der Waals surface area contributed by atoms with Gasteiger partial charge >= 0.3 is 6.03 Å². The van der Waals surface area contributed by atoms with E-state index in [1.54, 1.807) is 48.5 Å². The Hall–Kier alpha value is -4.26. The van der Waals surface area contributed by atoms with Crippen molar-refractivity contribution < 1.29 is 23.5 Å². The molecule has 1 unspecified atom stereocenters. The summed E-state index contributed by atoms with van der Waals surface area (Å²) in [5.41, 5.74) is 2.77. The average molecular weight is 473 g/mol. The van der Waals surface area contributed by atoms with Crippen LogP contribution in [0.15, 0.2) is 78.4 Å². The highest BCUT2D eigenvalue weighted by Crippen LogP contribution is 2.26. The van der Waals surface area contributed by atoms with Crippen molar-refractivity contribution in [2.45, 2.75) is 32.8 Å². The number of nitrogens with zero attached hydrogens (tertiary/aromatic N) is 1. The van der Waals surface area contributed by atoms with Crippen molar-refractivity contribution >= 4 is 29.6 Å².